The number of hydrogen-bond acceptors (Lipinski definition) is 6. The molecule has 6 nitrogen and oxygen atoms in total. The molecule has 0 aromatic carbocycles. The zero-order valence-corrected chi connectivity index (χ0v) is 51.2. The molecule has 0 N–H and O–H groups in total. The van der Waals surface area contributed by atoms with Crippen LogP contribution in [0.3, 0.4) is 0 Å². The average Bonchev–Trinajstić information content (AvgIpc) is 3.43. The summed E-state index contributed by atoms with van der Waals surface area (Å²) in [6.07, 6.45) is 84.9. The molecule has 0 aromatic rings. The minimum absolute atomic E-state index is 0.0742. The number of rotatable bonds is 61. The number of allylic oxidation sites excluding steroid dienone is 12. The zero-order valence-electron chi connectivity index (χ0n) is 51.2. The number of carbonyl (C=O) groups is 3. The van der Waals surface area contributed by atoms with Gasteiger partial charge in [-0.25, -0.2) is 0 Å². The Kier molecular flexibility index (Phi) is 62.7. The van der Waals surface area contributed by atoms with Gasteiger partial charge in [0.05, 0.1) is 0 Å². The van der Waals surface area contributed by atoms with Crippen LogP contribution in [0, 0.1) is 0 Å². The molecule has 0 rings (SSSR count). The predicted octanol–water partition coefficient (Wildman–Crippen LogP) is 22.9. The summed E-state index contributed by atoms with van der Waals surface area (Å²) < 4.78 is 16.9. The molecule has 0 saturated carbocycles. The molecule has 0 spiro atoms. The first-order valence-electron chi connectivity index (χ1n) is 33.4. The molecule has 6 heteroatoms. The quantitative estimate of drug-likeness (QED) is 0.0261. The monoisotopic (exact) mass is 1070 g/mol. The molecule has 1 atom stereocenters. The fourth-order valence-electron chi connectivity index (χ4n) is 9.70. The molecular formula is C71H126O6. The van der Waals surface area contributed by atoms with E-state index in [2.05, 4.69) is 93.7 Å². The lowest BCUT2D eigenvalue weighted by Crippen LogP contribution is -2.30. The molecular weight excluding hydrogens is 949 g/mol. The second kappa shape index (κ2) is 65.4. The summed E-state index contributed by atoms with van der Waals surface area (Å²) in [7, 11) is 0. The van der Waals surface area contributed by atoms with Crippen molar-refractivity contribution in [2.24, 2.45) is 0 Å². The van der Waals surface area contributed by atoms with Gasteiger partial charge < -0.3 is 14.2 Å². The Morgan fingerprint density at radius 2 is 0.506 bits per heavy atom. The Labute approximate surface area is 478 Å². The van der Waals surface area contributed by atoms with Gasteiger partial charge in [0, 0.05) is 19.3 Å². The van der Waals surface area contributed by atoms with Gasteiger partial charge in [-0.2, -0.15) is 0 Å². The highest BCUT2D eigenvalue weighted by Gasteiger charge is 2.19. The van der Waals surface area contributed by atoms with E-state index in [0.29, 0.717) is 19.3 Å². The van der Waals surface area contributed by atoms with Crippen LogP contribution in [-0.2, 0) is 28.6 Å². The standard InChI is InChI=1S/C71H126O6/c1-4-7-10-13-16-19-22-25-28-30-31-32-33-34-35-36-37-38-39-40-41-42-44-46-49-52-55-58-61-64-70(73)76-67-68(66-75-69(72)63-60-57-54-51-48-45-27-24-21-18-15-12-9-6-3)77-71(74)65-62-59-56-53-50-47-43-29-26-23-20-17-14-11-8-5-2/h7,10,16,19,24-25,27-28,31-32,34-35,68H,4-6,8-9,11-15,17-18,20-23,26,29-30,33,36-67H2,1-3H3/b10-7-,19-16-,27-24-,28-25-,32-31-,35-34-. The van der Waals surface area contributed by atoms with Crippen LogP contribution >= 0.6 is 0 Å². The van der Waals surface area contributed by atoms with Crippen molar-refractivity contribution in [1.29, 1.82) is 0 Å². The molecule has 0 aromatic heterocycles. The van der Waals surface area contributed by atoms with Crippen molar-refractivity contribution in [2.45, 2.75) is 348 Å². The van der Waals surface area contributed by atoms with Gasteiger partial charge in [0.2, 0.25) is 0 Å². The van der Waals surface area contributed by atoms with Gasteiger partial charge in [0.25, 0.3) is 0 Å². The molecule has 0 heterocycles. The molecule has 0 radical (unpaired) electrons. The Morgan fingerprint density at radius 1 is 0.273 bits per heavy atom. The van der Waals surface area contributed by atoms with E-state index in [1.165, 1.54) is 205 Å². The molecule has 0 saturated heterocycles. The van der Waals surface area contributed by atoms with E-state index in [-0.39, 0.29) is 31.1 Å². The minimum Gasteiger partial charge on any atom is -0.462 e. The topological polar surface area (TPSA) is 78.9 Å². The van der Waals surface area contributed by atoms with E-state index in [1.54, 1.807) is 0 Å². The van der Waals surface area contributed by atoms with Crippen LogP contribution < -0.4 is 0 Å². The number of hydrogen-bond donors (Lipinski definition) is 0. The molecule has 0 aliphatic carbocycles. The lowest BCUT2D eigenvalue weighted by atomic mass is 10.0. The Hall–Kier alpha value is -3.15. The van der Waals surface area contributed by atoms with Crippen LogP contribution in [0.2, 0.25) is 0 Å². The van der Waals surface area contributed by atoms with Crippen molar-refractivity contribution in [1.82, 2.24) is 0 Å². The number of carbonyl (C=O) groups excluding carboxylic acids is 3. The molecule has 0 fully saturated rings. The van der Waals surface area contributed by atoms with Crippen molar-refractivity contribution in [3.63, 3.8) is 0 Å². The van der Waals surface area contributed by atoms with Gasteiger partial charge in [0.1, 0.15) is 13.2 Å². The van der Waals surface area contributed by atoms with Crippen LogP contribution in [0.25, 0.3) is 0 Å². The summed E-state index contributed by atoms with van der Waals surface area (Å²) in [4.78, 5) is 38.3. The zero-order chi connectivity index (χ0) is 55.7. The van der Waals surface area contributed by atoms with E-state index in [1.807, 2.05) is 0 Å². The fraction of sp³-hybridized carbons (Fsp3) is 0.789. The van der Waals surface area contributed by atoms with E-state index in [0.717, 1.165) is 96.3 Å². The van der Waals surface area contributed by atoms with E-state index in [4.69, 9.17) is 14.2 Å². The van der Waals surface area contributed by atoms with Crippen molar-refractivity contribution in [3.05, 3.63) is 72.9 Å². The van der Waals surface area contributed by atoms with E-state index in [9.17, 15) is 14.4 Å². The summed E-state index contributed by atoms with van der Waals surface area (Å²) in [6, 6.07) is 0. The molecule has 0 aliphatic heterocycles. The van der Waals surface area contributed by atoms with Gasteiger partial charge >= 0.3 is 17.9 Å². The molecule has 77 heavy (non-hydrogen) atoms. The first-order valence-corrected chi connectivity index (χ1v) is 33.4. The summed E-state index contributed by atoms with van der Waals surface area (Å²) in [6.45, 7) is 6.56. The second-order valence-electron chi connectivity index (χ2n) is 22.4. The molecule has 446 valence electrons. The number of esters is 3. The number of unbranched alkanes of at least 4 members (excludes halogenated alkanes) is 38. The fourth-order valence-corrected chi connectivity index (χ4v) is 9.70. The maximum atomic E-state index is 12.9. The van der Waals surface area contributed by atoms with Crippen molar-refractivity contribution in [2.75, 3.05) is 13.2 Å². The van der Waals surface area contributed by atoms with Gasteiger partial charge in [0.15, 0.2) is 6.10 Å². The lowest BCUT2D eigenvalue weighted by Gasteiger charge is -2.18. The maximum absolute atomic E-state index is 12.9. The van der Waals surface area contributed by atoms with Crippen LogP contribution in [0.5, 0.6) is 0 Å². The maximum Gasteiger partial charge on any atom is 0.306 e. The van der Waals surface area contributed by atoms with Crippen LogP contribution in [0.4, 0.5) is 0 Å². The smallest absolute Gasteiger partial charge is 0.306 e. The Bertz CT molecular complexity index is 1420. The summed E-state index contributed by atoms with van der Waals surface area (Å²) in [5.74, 6) is -0.864. The third-order valence-electron chi connectivity index (χ3n) is 14.7. The van der Waals surface area contributed by atoms with E-state index < -0.39 is 6.10 Å². The van der Waals surface area contributed by atoms with Crippen molar-refractivity contribution < 1.29 is 28.6 Å². The van der Waals surface area contributed by atoms with Gasteiger partial charge in [-0.3, -0.25) is 14.4 Å². The molecule has 0 bridgehead atoms. The molecule has 0 aliphatic rings. The van der Waals surface area contributed by atoms with Crippen LogP contribution in [0.1, 0.15) is 342 Å². The third kappa shape index (κ3) is 63.6. The summed E-state index contributed by atoms with van der Waals surface area (Å²) in [5, 5.41) is 0. The van der Waals surface area contributed by atoms with Gasteiger partial charge in [-0.1, -0.05) is 306 Å². The lowest BCUT2D eigenvalue weighted by molar-refractivity contribution is -0.167. The van der Waals surface area contributed by atoms with Crippen molar-refractivity contribution >= 4 is 17.9 Å². The van der Waals surface area contributed by atoms with Gasteiger partial charge in [-0.05, 0) is 89.9 Å². The Morgan fingerprint density at radius 3 is 0.805 bits per heavy atom. The second-order valence-corrected chi connectivity index (χ2v) is 22.4. The van der Waals surface area contributed by atoms with Crippen LogP contribution in [0.15, 0.2) is 72.9 Å². The van der Waals surface area contributed by atoms with Crippen molar-refractivity contribution in [3.8, 4) is 0 Å². The highest BCUT2D eigenvalue weighted by molar-refractivity contribution is 5.71. The molecule has 1 unspecified atom stereocenters. The van der Waals surface area contributed by atoms with Gasteiger partial charge in [-0.15, -0.1) is 0 Å². The first-order chi connectivity index (χ1) is 38.0. The SMILES string of the molecule is CC/C=C\C/C=C\C/C=C\C/C=C\C/C=C\CCCCCCCCCCCCCCCC(=O)OCC(COC(=O)CCCCCCC/C=C\CCCCCCC)OC(=O)CCCCCCCCCCCCCCCCCC. The largest absolute Gasteiger partial charge is 0.462 e. The summed E-state index contributed by atoms with van der Waals surface area (Å²) >= 11 is 0. The minimum atomic E-state index is -0.777. The molecule has 0 amide bonds. The third-order valence-corrected chi connectivity index (χ3v) is 14.7. The van der Waals surface area contributed by atoms with E-state index >= 15 is 0 Å². The highest BCUT2D eigenvalue weighted by atomic mass is 16.6. The predicted molar refractivity (Wildman–Crippen MR) is 335 cm³/mol. The average molecular weight is 1080 g/mol. The first kappa shape index (κ1) is 73.8. The normalized spacial score (nSPS) is 12.5. The summed E-state index contributed by atoms with van der Waals surface area (Å²) in [5.41, 5.74) is 0. The van der Waals surface area contributed by atoms with Crippen LogP contribution in [-0.4, -0.2) is 37.2 Å². The highest BCUT2D eigenvalue weighted by Crippen LogP contribution is 2.17. The number of ether oxygens (including phenoxy) is 3. The Balaban J connectivity index is 4.24.